The van der Waals surface area contributed by atoms with E-state index in [1.807, 2.05) is 12.1 Å². The molecule has 0 N–H and O–H groups in total. The van der Waals surface area contributed by atoms with Gasteiger partial charge in [-0.25, -0.2) is 0 Å². The Bertz CT molecular complexity index is 52.0. The largest absolute Gasteiger partial charge is 0.240 e. The van der Waals surface area contributed by atoms with E-state index < -0.39 is 0 Å². The number of hydrogen-bond donors (Lipinski definition) is 0. The zero-order valence-corrected chi connectivity index (χ0v) is 5.02. The Morgan fingerprint density at radius 3 is 2.43 bits per heavy atom. The van der Waals surface area contributed by atoms with Gasteiger partial charge in [0.2, 0.25) is 6.72 Å². The Morgan fingerprint density at radius 2 is 2.29 bits per heavy atom. The molecule has 1 radical (unpaired) electrons. The van der Waals surface area contributed by atoms with E-state index in [9.17, 15) is 0 Å². The van der Waals surface area contributed by atoms with Gasteiger partial charge >= 0.3 is 0 Å². The maximum atomic E-state index is 3.66. The molecule has 7 heavy (non-hydrogen) atoms. The van der Waals surface area contributed by atoms with Crippen molar-refractivity contribution in [2.45, 2.75) is 13.3 Å². The lowest BCUT2D eigenvalue weighted by atomic mass is 10.5. The van der Waals surface area contributed by atoms with E-state index in [-0.39, 0.29) is 0 Å². The summed E-state index contributed by atoms with van der Waals surface area (Å²) in [6.45, 7) is 6.47. The molecule has 0 spiro atoms. The summed E-state index contributed by atoms with van der Waals surface area (Å²) >= 11 is 0. The number of hydrogen-bond acceptors (Lipinski definition) is 2. The van der Waals surface area contributed by atoms with Crippen LogP contribution in [-0.4, -0.2) is 25.3 Å². The molecule has 41 valence electrons. The second-order valence-electron chi connectivity index (χ2n) is 1.52. The predicted octanol–water partition coefficient (Wildman–Crippen LogP) is 0.280. The molecule has 0 aliphatic heterocycles. The maximum Gasteiger partial charge on any atom is 0.240 e. The standard InChI is InChI=1S/C5H12N2/c1-4-5-7(3)6-2/h2,4-5H2,1,3H3/q+1. The third-order valence-electron chi connectivity index (χ3n) is 0.789. The fraction of sp³-hybridized carbons (Fsp3) is 0.800. The van der Waals surface area contributed by atoms with Gasteiger partial charge in [-0.05, 0) is 6.42 Å². The molecular formula is C5H12N2+. The number of hydrazone groups is 1. The summed E-state index contributed by atoms with van der Waals surface area (Å²) in [7, 11) is 1.91. The van der Waals surface area contributed by atoms with Crippen LogP contribution in [-0.2, 0) is 0 Å². The lowest BCUT2D eigenvalue weighted by Crippen LogP contribution is -2.19. The van der Waals surface area contributed by atoms with Gasteiger partial charge in [0.1, 0.15) is 0 Å². The van der Waals surface area contributed by atoms with Crippen molar-refractivity contribution in [1.82, 2.24) is 10.1 Å². The van der Waals surface area contributed by atoms with E-state index in [1.165, 1.54) is 0 Å². The smallest absolute Gasteiger partial charge is 0.125 e. The first-order chi connectivity index (χ1) is 3.31. The summed E-state index contributed by atoms with van der Waals surface area (Å²) in [5.74, 6) is 0. The van der Waals surface area contributed by atoms with E-state index in [0.717, 1.165) is 13.0 Å². The molecule has 0 aromatic carbocycles. The van der Waals surface area contributed by atoms with Crippen LogP contribution in [0.5, 0.6) is 0 Å². The van der Waals surface area contributed by atoms with Gasteiger partial charge in [0.25, 0.3) is 0 Å². The Kier molecular flexibility index (Phi) is 3.38. The van der Waals surface area contributed by atoms with Gasteiger partial charge in [-0.3, -0.25) is 0 Å². The van der Waals surface area contributed by atoms with Crippen molar-refractivity contribution in [3.8, 4) is 0 Å². The SMILES string of the molecule is C=[N+]N(C)CCC. The number of rotatable bonds is 3. The molecule has 0 aromatic rings. The third kappa shape index (κ3) is 3.30. The third-order valence-corrected chi connectivity index (χ3v) is 0.789. The summed E-state index contributed by atoms with van der Waals surface area (Å²) in [6, 6.07) is 0. The minimum Gasteiger partial charge on any atom is -0.125 e. The van der Waals surface area contributed by atoms with Crippen LogP contribution >= 0.6 is 0 Å². The Hall–Kier alpha value is -0.530. The van der Waals surface area contributed by atoms with Crippen LogP contribution in [0.3, 0.4) is 0 Å². The molecule has 0 unspecified atom stereocenters. The lowest BCUT2D eigenvalue weighted by molar-refractivity contribution is 0.312. The van der Waals surface area contributed by atoms with Gasteiger partial charge in [0, 0.05) is 0 Å². The van der Waals surface area contributed by atoms with Crippen molar-refractivity contribution in [1.29, 1.82) is 0 Å². The van der Waals surface area contributed by atoms with Gasteiger partial charge < -0.3 is 0 Å². The van der Waals surface area contributed by atoms with Crippen LogP contribution < -0.4 is 5.10 Å². The zero-order chi connectivity index (χ0) is 5.70. The van der Waals surface area contributed by atoms with Crippen LogP contribution in [0.25, 0.3) is 0 Å². The topological polar surface area (TPSA) is 17.3 Å². The second-order valence-corrected chi connectivity index (χ2v) is 1.52. The first-order valence-corrected chi connectivity index (χ1v) is 2.49. The molecule has 2 nitrogen and oxygen atoms in total. The fourth-order valence-electron chi connectivity index (χ4n) is 0.394. The molecule has 0 amide bonds. The summed E-state index contributed by atoms with van der Waals surface area (Å²) in [5, 5.41) is 5.48. The molecule has 0 aromatic heterocycles. The molecule has 0 aliphatic rings. The summed E-state index contributed by atoms with van der Waals surface area (Å²) in [6.07, 6.45) is 1.13. The zero-order valence-electron chi connectivity index (χ0n) is 5.02. The van der Waals surface area contributed by atoms with Gasteiger partial charge in [0.15, 0.2) is 5.10 Å². The van der Waals surface area contributed by atoms with Crippen LogP contribution in [0.2, 0.25) is 0 Å². The van der Waals surface area contributed by atoms with E-state index in [0.29, 0.717) is 0 Å². The van der Waals surface area contributed by atoms with E-state index in [4.69, 9.17) is 0 Å². The Balaban J connectivity index is 2.98. The first kappa shape index (κ1) is 6.47. The first-order valence-electron chi connectivity index (χ1n) is 2.49. The van der Waals surface area contributed by atoms with Crippen molar-refractivity contribution in [3.63, 3.8) is 0 Å². The van der Waals surface area contributed by atoms with Gasteiger partial charge in [0.05, 0.1) is 13.6 Å². The highest BCUT2D eigenvalue weighted by Crippen LogP contribution is 1.76. The molecule has 0 aliphatic carbocycles. The van der Waals surface area contributed by atoms with Crippen molar-refractivity contribution < 1.29 is 0 Å². The van der Waals surface area contributed by atoms with Crippen molar-refractivity contribution >= 4 is 6.72 Å². The molecule has 0 saturated carbocycles. The molecular weight excluding hydrogens is 88.1 g/mol. The average molecular weight is 100 g/mol. The van der Waals surface area contributed by atoms with Crippen LogP contribution in [0.15, 0.2) is 0 Å². The number of nitrogens with zero attached hydrogens (tertiary/aromatic N) is 2. The lowest BCUT2D eigenvalue weighted by Gasteiger charge is -1.94. The monoisotopic (exact) mass is 100 g/mol. The van der Waals surface area contributed by atoms with Crippen molar-refractivity contribution in [3.05, 3.63) is 0 Å². The predicted molar refractivity (Wildman–Crippen MR) is 32.2 cm³/mol. The molecule has 0 heterocycles. The van der Waals surface area contributed by atoms with Crippen molar-refractivity contribution in [2.75, 3.05) is 13.6 Å². The minimum absolute atomic E-state index is 1.00. The summed E-state index contributed by atoms with van der Waals surface area (Å²) < 4.78 is 0. The van der Waals surface area contributed by atoms with Crippen molar-refractivity contribution in [2.24, 2.45) is 0 Å². The van der Waals surface area contributed by atoms with Crippen LogP contribution in [0, 0.1) is 0 Å². The Morgan fingerprint density at radius 1 is 1.71 bits per heavy atom. The molecule has 2 heteroatoms. The van der Waals surface area contributed by atoms with Gasteiger partial charge in [-0.1, -0.05) is 6.92 Å². The highest BCUT2D eigenvalue weighted by atomic mass is 15.4. The van der Waals surface area contributed by atoms with E-state index >= 15 is 0 Å². The highest BCUT2D eigenvalue weighted by Gasteiger charge is 1.94. The molecule has 0 saturated heterocycles. The van der Waals surface area contributed by atoms with Gasteiger partial charge in [-0.2, -0.15) is 0 Å². The summed E-state index contributed by atoms with van der Waals surface area (Å²) in [4.78, 5) is 0. The van der Waals surface area contributed by atoms with Gasteiger partial charge in [-0.15, -0.1) is 5.01 Å². The molecule has 0 atom stereocenters. The summed E-state index contributed by atoms with van der Waals surface area (Å²) in [5.41, 5.74) is 0. The maximum absolute atomic E-state index is 3.66. The molecule has 0 bridgehead atoms. The Labute approximate surface area is 44.8 Å². The minimum atomic E-state index is 1.00. The molecule has 0 rings (SSSR count). The fourth-order valence-corrected chi connectivity index (χ4v) is 0.394. The second kappa shape index (κ2) is 3.65. The highest BCUT2D eigenvalue weighted by molar-refractivity contribution is 5.20. The average Bonchev–Trinajstić information content (AvgIpc) is 1.68. The van der Waals surface area contributed by atoms with Crippen LogP contribution in [0.4, 0.5) is 0 Å². The molecule has 0 fully saturated rings. The van der Waals surface area contributed by atoms with E-state index in [1.54, 1.807) is 0 Å². The van der Waals surface area contributed by atoms with Crippen LogP contribution in [0.1, 0.15) is 13.3 Å². The van der Waals surface area contributed by atoms with E-state index in [2.05, 4.69) is 18.7 Å². The quantitative estimate of drug-likeness (QED) is 0.368. The normalized spacial score (nSPS) is 8.29.